The Morgan fingerprint density at radius 1 is 0.667 bits per heavy atom. The van der Waals surface area contributed by atoms with Gasteiger partial charge in [-0.25, -0.2) is 0 Å². The topological polar surface area (TPSA) is 66.0 Å². The van der Waals surface area contributed by atoms with Crippen molar-refractivity contribution in [2.24, 2.45) is 0 Å². The molecule has 0 aliphatic heterocycles. The van der Waals surface area contributed by atoms with Crippen LogP contribution in [0.3, 0.4) is 0 Å². The van der Waals surface area contributed by atoms with Gasteiger partial charge in [-0.15, -0.1) is 0 Å². The van der Waals surface area contributed by atoms with Crippen LogP contribution in [0.4, 0.5) is 0 Å². The zero-order valence-corrected chi connectivity index (χ0v) is 13.1. The van der Waals surface area contributed by atoms with Crippen LogP contribution in [-0.4, -0.2) is 13.2 Å². The van der Waals surface area contributed by atoms with Gasteiger partial charge in [0, 0.05) is 0 Å². The summed E-state index contributed by atoms with van der Waals surface area (Å²) in [5.74, 6) is 1.46. The Balaban J connectivity index is 1.65. The Bertz CT molecular complexity index is 707. The number of hydrogen-bond donors (Lipinski definition) is 0. The van der Waals surface area contributed by atoms with Crippen molar-refractivity contribution in [1.82, 2.24) is 0 Å². The van der Waals surface area contributed by atoms with Gasteiger partial charge in [-0.2, -0.15) is 10.5 Å². The second kappa shape index (κ2) is 9.50. The molecule has 0 amide bonds. The predicted molar refractivity (Wildman–Crippen MR) is 91.6 cm³/mol. The summed E-state index contributed by atoms with van der Waals surface area (Å²) in [5.41, 5.74) is 1.23. The minimum atomic E-state index is 0.451. The van der Waals surface area contributed by atoms with E-state index in [1.54, 1.807) is 48.5 Å². The van der Waals surface area contributed by atoms with Crippen molar-refractivity contribution in [3.63, 3.8) is 0 Å². The molecule has 24 heavy (non-hydrogen) atoms. The van der Waals surface area contributed by atoms with E-state index in [0.29, 0.717) is 24.3 Å². The SMILES string of the molecule is N#Cc1ccc(OCC=CC=CCOc2ccc(C#N)cc2)cc1. The second-order valence-electron chi connectivity index (χ2n) is 4.75. The third-order valence-electron chi connectivity index (χ3n) is 3.04. The molecule has 0 heterocycles. The van der Waals surface area contributed by atoms with Crippen molar-refractivity contribution in [2.45, 2.75) is 0 Å². The summed E-state index contributed by atoms with van der Waals surface area (Å²) < 4.78 is 11.0. The van der Waals surface area contributed by atoms with Crippen LogP contribution < -0.4 is 9.47 Å². The summed E-state index contributed by atoms with van der Waals surface area (Å²) in [7, 11) is 0. The molecule has 4 nitrogen and oxygen atoms in total. The number of nitriles is 2. The van der Waals surface area contributed by atoms with Crippen molar-refractivity contribution in [2.75, 3.05) is 13.2 Å². The van der Waals surface area contributed by atoms with Crippen molar-refractivity contribution in [3.05, 3.63) is 84.0 Å². The summed E-state index contributed by atoms with van der Waals surface area (Å²) in [5, 5.41) is 17.4. The number of nitrogens with zero attached hydrogens (tertiary/aromatic N) is 2. The van der Waals surface area contributed by atoms with Gasteiger partial charge >= 0.3 is 0 Å². The average Bonchev–Trinajstić information content (AvgIpc) is 2.65. The molecule has 0 saturated heterocycles. The Morgan fingerprint density at radius 3 is 1.38 bits per heavy atom. The summed E-state index contributed by atoms with van der Waals surface area (Å²) in [6.07, 6.45) is 7.53. The summed E-state index contributed by atoms with van der Waals surface area (Å²) in [6, 6.07) is 18.1. The van der Waals surface area contributed by atoms with E-state index in [0.717, 1.165) is 11.5 Å². The van der Waals surface area contributed by atoms with Gasteiger partial charge < -0.3 is 9.47 Å². The first-order valence-corrected chi connectivity index (χ1v) is 7.39. The molecule has 0 radical (unpaired) electrons. The molecule has 0 aliphatic carbocycles. The fourth-order valence-electron chi connectivity index (χ4n) is 1.81. The Morgan fingerprint density at radius 2 is 1.04 bits per heavy atom. The monoisotopic (exact) mass is 316 g/mol. The number of rotatable bonds is 7. The van der Waals surface area contributed by atoms with E-state index in [2.05, 4.69) is 12.1 Å². The molecule has 0 atom stereocenters. The van der Waals surface area contributed by atoms with E-state index < -0.39 is 0 Å². The van der Waals surface area contributed by atoms with Crippen LogP contribution in [0.25, 0.3) is 0 Å². The van der Waals surface area contributed by atoms with Crippen LogP contribution in [0, 0.1) is 22.7 Å². The smallest absolute Gasteiger partial charge is 0.119 e. The standard InChI is InChI=1S/C20H16N2O2/c21-15-17-5-9-19(10-6-17)23-13-3-1-2-4-14-24-20-11-7-18(16-22)8-12-20/h1-12H,13-14H2. The minimum Gasteiger partial charge on any atom is -0.490 e. The van der Waals surface area contributed by atoms with E-state index >= 15 is 0 Å². The van der Waals surface area contributed by atoms with Gasteiger partial charge in [0.1, 0.15) is 24.7 Å². The lowest BCUT2D eigenvalue weighted by Crippen LogP contribution is -1.93. The molecule has 0 fully saturated rings. The normalized spacial score (nSPS) is 10.4. The molecule has 4 heteroatoms. The predicted octanol–water partition coefficient (Wildman–Crippen LogP) is 4.00. The third-order valence-corrected chi connectivity index (χ3v) is 3.04. The summed E-state index contributed by atoms with van der Waals surface area (Å²) in [6.45, 7) is 0.902. The van der Waals surface area contributed by atoms with Crippen LogP contribution in [0.2, 0.25) is 0 Å². The molecular weight excluding hydrogens is 300 g/mol. The molecule has 2 aromatic rings. The van der Waals surface area contributed by atoms with Crippen molar-refractivity contribution < 1.29 is 9.47 Å². The Hall–Kier alpha value is -3.50. The van der Waals surface area contributed by atoms with Gasteiger partial charge in [-0.1, -0.05) is 12.2 Å². The van der Waals surface area contributed by atoms with Crippen molar-refractivity contribution in [1.29, 1.82) is 10.5 Å². The highest BCUT2D eigenvalue weighted by molar-refractivity contribution is 5.35. The maximum absolute atomic E-state index is 8.71. The minimum absolute atomic E-state index is 0.451. The summed E-state index contributed by atoms with van der Waals surface area (Å²) in [4.78, 5) is 0. The van der Waals surface area contributed by atoms with Gasteiger partial charge in [0.2, 0.25) is 0 Å². The molecule has 0 N–H and O–H groups in total. The highest BCUT2D eigenvalue weighted by atomic mass is 16.5. The number of allylic oxidation sites excluding steroid dienone is 2. The largest absolute Gasteiger partial charge is 0.490 e. The zero-order valence-electron chi connectivity index (χ0n) is 13.1. The van der Waals surface area contributed by atoms with Gasteiger partial charge in [0.15, 0.2) is 0 Å². The molecule has 2 aromatic carbocycles. The molecular formula is C20H16N2O2. The van der Waals surface area contributed by atoms with Crippen LogP contribution >= 0.6 is 0 Å². The molecule has 0 aromatic heterocycles. The Labute approximate surface area is 141 Å². The number of hydrogen-bond acceptors (Lipinski definition) is 4. The maximum Gasteiger partial charge on any atom is 0.119 e. The number of benzene rings is 2. The van der Waals surface area contributed by atoms with E-state index in [-0.39, 0.29) is 0 Å². The maximum atomic E-state index is 8.71. The Kier molecular flexibility index (Phi) is 6.68. The van der Waals surface area contributed by atoms with Crippen molar-refractivity contribution in [3.8, 4) is 23.6 Å². The summed E-state index contributed by atoms with van der Waals surface area (Å²) >= 11 is 0. The lowest BCUT2D eigenvalue weighted by molar-refractivity contribution is 0.361. The molecule has 0 spiro atoms. The molecule has 0 bridgehead atoms. The van der Waals surface area contributed by atoms with Gasteiger partial charge in [-0.3, -0.25) is 0 Å². The first-order chi connectivity index (χ1) is 11.8. The quantitative estimate of drug-likeness (QED) is 0.724. The average molecular weight is 316 g/mol. The zero-order chi connectivity index (χ0) is 17.0. The number of ether oxygens (including phenoxy) is 2. The second-order valence-corrected chi connectivity index (χ2v) is 4.75. The lowest BCUT2D eigenvalue weighted by Gasteiger charge is -2.02. The van der Waals surface area contributed by atoms with Crippen LogP contribution in [0.15, 0.2) is 72.8 Å². The highest BCUT2D eigenvalue weighted by Gasteiger charge is 1.93. The third kappa shape index (κ3) is 5.71. The molecule has 0 unspecified atom stereocenters. The van der Waals surface area contributed by atoms with Gasteiger partial charge in [0.25, 0.3) is 0 Å². The fraction of sp³-hybridized carbons (Fsp3) is 0.100. The molecule has 2 rings (SSSR count). The molecule has 0 saturated carbocycles. The van der Waals surface area contributed by atoms with Crippen LogP contribution in [0.1, 0.15) is 11.1 Å². The first-order valence-electron chi connectivity index (χ1n) is 7.39. The molecule has 0 aliphatic rings. The van der Waals surface area contributed by atoms with E-state index in [4.69, 9.17) is 20.0 Å². The highest BCUT2D eigenvalue weighted by Crippen LogP contribution is 2.12. The van der Waals surface area contributed by atoms with E-state index in [9.17, 15) is 0 Å². The van der Waals surface area contributed by atoms with Crippen molar-refractivity contribution >= 4 is 0 Å². The van der Waals surface area contributed by atoms with E-state index in [1.807, 2.05) is 24.3 Å². The van der Waals surface area contributed by atoms with E-state index in [1.165, 1.54) is 0 Å². The first kappa shape index (κ1) is 16.9. The lowest BCUT2D eigenvalue weighted by atomic mass is 10.2. The van der Waals surface area contributed by atoms with Gasteiger partial charge in [0.05, 0.1) is 23.3 Å². The fourth-order valence-corrected chi connectivity index (χ4v) is 1.81. The molecule has 118 valence electrons. The van der Waals surface area contributed by atoms with Gasteiger partial charge in [-0.05, 0) is 60.7 Å². The van der Waals surface area contributed by atoms with Crippen LogP contribution in [0.5, 0.6) is 11.5 Å². The van der Waals surface area contributed by atoms with Crippen LogP contribution in [-0.2, 0) is 0 Å².